The number of ether oxygens (including phenoxy) is 4. The van der Waals surface area contributed by atoms with Crippen LogP contribution in [0.5, 0.6) is 11.5 Å². The molecule has 2 aromatic carbocycles. The van der Waals surface area contributed by atoms with Crippen LogP contribution in [0.25, 0.3) is 0 Å². The Morgan fingerprint density at radius 2 is 1.76 bits per heavy atom. The van der Waals surface area contributed by atoms with Crippen LogP contribution in [-0.4, -0.2) is 41.3 Å². The minimum atomic E-state index is -4.38. The van der Waals surface area contributed by atoms with Crippen LogP contribution in [0.15, 0.2) is 47.4 Å². The quantitative estimate of drug-likeness (QED) is 0.115. The number of hydrogen-bond donors (Lipinski definition) is 0. The first-order chi connectivity index (χ1) is 16.0. The van der Waals surface area contributed by atoms with Crippen LogP contribution >= 0.6 is 34.4 Å². The molecule has 0 heterocycles. The lowest BCUT2D eigenvalue weighted by Crippen LogP contribution is -2.36. The van der Waals surface area contributed by atoms with Gasteiger partial charge in [-0.05, 0) is 98.3 Å². The molecule has 0 fully saturated rings. The number of hydrogen-bond acceptors (Lipinski definition) is 6. The molecule has 0 radical (unpaired) electrons. The summed E-state index contributed by atoms with van der Waals surface area (Å²) in [6.45, 7) is 8.12. The number of aryl methyl sites for hydroxylation is 1. The second-order valence-corrected chi connectivity index (χ2v) is 10.5. The molecule has 0 N–H and O–H groups in total. The van der Waals surface area contributed by atoms with Gasteiger partial charge in [0.05, 0.1) is 12.2 Å². The van der Waals surface area contributed by atoms with Crippen molar-refractivity contribution in [3.8, 4) is 11.5 Å². The fourth-order valence-corrected chi connectivity index (χ4v) is 4.22. The third-order valence-corrected chi connectivity index (χ3v) is 6.33. The van der Waals surface area contributed by atoms with Crippen molar-refractivity contribution in [1.29, 1.82) is 0 Å². The summed E-state index contributed by atoms with van der Waals surface area (Å²) < 4.78 is 59.3. The summed E-state index contributed by atoms with van der Waals surface area (Å²) in [5.41, 5.74) is 0.149. The van der Waals surface area contributed by atoms with Crippen molar-refractivity contribution in [2.45, 2.75) is 48.5 Å². The average molecular weight is 612 g/mol. The Morgan fingerprint density at radius 3 is 2.32 bits per heavy atom. The van der Waals surface area contributed by atoms with E-state index in [0.717, 1.165) is 22.6 Å². The number of thioether (sulfide) groups is 1. The van der Waals surface area contributed by atoms with Crippen molar-refractivity contribution in [3.05, 3.63) is 53.6 Å². The van der Waals surface area contributed by atoms with Gasteiger partial charge in [0.15, 0.2) is 0 Å². The summed E-state index contributed by atoms with van der Waals surface area (Å²) in [4.78, 5) is 13.1. The molecule has 34 heavy (non-hydrogen) atoms. The molecule has 0 aliphatic carbocycles. The second-order valence-electron chi connectivity index (χ2n) is 7.39. The number of benzene rings is 2. The number of esters is 1. The van der Waals surface area contributed by atoms with Gasteiger partial charge < -0.3 is 18.9 Å². The molecule has 0 aliphatic rings. The Balaban J connectivity index is 1.94. The van der Waals surface area contributed by atoms with E-state index in [1.807, 2.05) is 54.6 Å². The van der Waals surface area contributed by atoms with Crippen molar-refractivity contribution >= 4 is 40.3 Å². The van der Waals surface area contributed by atoms with Crippen LogP contribution in [0.3, 0.4) is 0 Å². The van der Waals surface area contributed by atoms with E-state index in [0.29, 0.717) is 23.9 Å². The zero-order valence-electron chi connectivity index (χ0n) is 19.4. The van der Waals surface area contributed by atoms with Gasteiger partial charge in [0.25, 0.3) is 3.61 Å². The van der Waals surface area contributed by atoms with Crippen molar-refractivity contribution in [3.63, 3.8) is 0 Å². The van der Waals surface area contributed by atoms with Gasteiger partial charge in [0.2, 0.25) is 0 Å². The summed E-state index contributed by atoms with van der Waals surface area (Å²) >= 11 is 3.48. The molecule has 2 unspecified atom stereocenters. The van der Waals surface area contributed by atoms with Crippen LogP contribution in [0.2, 0.25) is 0 Å². The lowest BCUT2D eigenvalue weighted by Gasteiger charge is -2.23. The SMILES string of the molecule is CCOC(=O)C(C)(I)Oc1ccc(SCC(COc2ccc(C(F)(F)F)cc2)OCC)cc1C. The number of rotatable bonds is 12. The van der Waals surface area contributed by atoms with E-state index >= 15 is 0 Å². The predicted molar refractivity (Wildman–Crippen MR) is 134 cm³/mol. The van der Waals surface area contributed by atoms with E-state index < -0.39 is 21.3 Å². The zero-order valence-corrected chi connectivity index (χ0v) is 22.4. The average Bonchev–Trinajstić information content (AvgIpc) is 2.77. The highest BCUT2D eigenvalue weighted by atomic mass is 127. The minimum Gasteiger partial charge on any atom is -0.491 e. The maximum absolute atomic E-state index is 12.7. The first-order valence-corrected chi connectivity index (χ1v) is 12.7. The molecule has 0 saturated heterocycles. The Hall–Kier alpha value is -1.66. The monoisotopic (exact) mass is 612 g/mol. The standard InChI is InChI=1S/C24H28F3IO5S/c1-5-30-19(14-32-18-9-7-17(8-10-18)24(25,26)27)15-34-20-11-12-21(16(3)13-20)33-23(4,28)22(29)31-6-2/h7-13,19H,5-6,14-15H2,1-4H3. The predicted octanol–water partition coefficient (Wildman–Crippen LogP) is 6.68. The molecule has 188 valence electrons. The largest absolute Gasteiger partial charge is 0.491 e. The number of halogens is 4. The van der Waals surface area contributed by atoms with Gasteiger partial charge in [0, 0.05) is 17.3 Å². The van der Waals surface area contributed by atoms with Crippen LogP contribution in [0.1, 0.15) is 31.9 Å². The molecule has 0 bridgehead atoms. The van der Waals surface area contributed by atoms with Gasteiger partial charge in [-0.25, -0.2) is 4.79 Å². The number of carbonyl (C=O) groups excluding carboxylic acids is 1. The molecule has 0 aliphatic heterocycles. The molecule has 0 aromatic heterocycles. The normalized spacial score (nSPS) is 14.2. The first kappa shape index (κ1) is 28.6. The number of alkyl halides is 4. The summed E-state index contributed by atoms with van der Waals surface area (Å²) in [5, 5.41) is 0. The van der Waals surface area contributed by atoms with Crippen LogP contribution < -0.4 is 9.47 Å². The lowest BCUT2D eigenvalue weighted by atomic mass is 10.2. The molecule has 2 rings (SSSR count). The van der Waals surface area contributed by atoms with Crippen LogP contribution in [0, 0.1) is 6.92 Å². The van der Waals surface area contributed by atoms with Crippen molar-refractivity contribution in [1.82, 2.24) is 0 Å². The molecule has 10 heteroatoms. The van der Waals surface area contributed by atoms with Crippen molar-refractivity contribution in [2.75, 3.05) is 25.6 Å². The lowest BCUT2D eigenvalue weighted by molar-refractivity contribution is -0.151. The fraction of sp³-hybridized carbons (Fsp3) is 0.458. The number of carbonyl (C=O) groups is 1. The van der Waals surface area contributed by atoms with E-state index in [9.17, 15) is 18.0 Å². The Kier molecular flexibility index (Phi) is 10.8. The van der Waals surface area contributed by atoms with Gasteiger partial charge in [-0.1, -0.05) is 0 Å². The molecule has 2 atom stereocenters. The van der Waals surface area contributed by atoms with Gasteiger partial charge in [-0.15, -0.1) is 11.8 Å². The Labute approximate surface area is 215 Å². The van der Waals surface area contributed by atoms with Crippen molar-refractivity contribution < 1.29 is 36.9 Å². The summed E-state index contributed by atoms with van der Waals surface area (Å²) in [6.07, 6.45) is -4.63. The Morgan fingerprint density at radius 1 is 1.09 bits per heavy atom. The minimum absolute atomic E-state index is 0.207. The molecule has 2 aromatic rings. The first-order valence-electron chi connectivity index (χ1n) is 10.7. The second kappa shape index (κ2) is 12.9. The maximum Gasteiger partial charge on any atom is 0.416 e. The summed E-state index contributed by atoms with van der Waals surface area (Å²) in [5.74, 6) is 1.08. The van der Waals surface area contributed by atoms with Gasteiger partial charge in [-0.3, -0.25) is 0 Å². The van der Waals surface area contributed by atoms with Gasteiger partial charge in [-0.2, -0.15) is 13.2 Å². The van der Waals surface area contributed by atoms with Gasteiger partial charge in [0.1, 0.15) is 24.2 Å². The van der Waals surface area contributed by atoms with Crippen LogP contribution in [0.4, 0.5) is 13.2 Å². The molecule has 5 nitrogen and oxygen atoms in total. The fourth-order valence-electron chi connectivity index (χ4n) is 2.83. The van der Waals surface area contributed by atoms with Crippen molar-refractivity contribution in [2.24, 2.45) is 0 Å². The van der Waals surface area contributed by atoms with E-state index in [1.165, 1.54) is 12.1 Å². The topological polar surface area (TPSA) is 54.0 Å². The highest BCUT2D eigenvalue weighted by Crippen LogP contribution is 2.32. The summed E-state index contributed by atoms with van der Waals surface area (Å²) in [7, 11) is 0. The highest BCUT2D eigenvalue weighted by Gasteiger charge is 2.34. The van der Waals surface area contributed by atoms with Crippen LogP contribution in [-0.2, 0) is 20.4 Å². The third-order valence-electron chi connectivity index (χ3n) is 4.54. The van der Waals surface area contributed by atoms with E-state index in [1.54, 1.807) is 25.6 Å². The van der Waals surface area contributed by atoms with E-state index in [-0.39, 0.29) is 19.3 Å². The third kappa shape index (κ3) is 8.84. The molecular formula is C24H28F3IO5S. The maximum atomic E-state index is 12.7. The van der Waals surface area contributed by atoms with E-state index in [2.05, 4.69) is 0 Å². The summed E-state index contributed by atoms with van der Waals surface area (Å²) in [6, 6.07) is 10.3. The molecular weight excluding hydrogens is 584 g/mol. The van der Waals surface area contributed by atoms with Gasteiger partial charge >= 0.3 is 12.1 Å². The molecule has 0 saturated carbocycles. The molecule has 0 amide bonds. The highest BCUT2D eigenvalue weighted by molar-refractivity contribution is 14.1. The molecule has 0 spiro atoms. The van der Waals surface area contributed by atoms with E-state index in [4.69, 9.17) is 18.9 Å². The Bertz CT molecular complexity index is 935. The smallest absolute Gasteiger partial charge is 0.416 e. The zero-order chi connectivity index (χ0) is 25.4.